The van der Waals surface area contributed by atoms with Gasteiger partial charge < -0.3 is 48.0 Å². The number of aromatic nitrogens is 12. The maximum absolute atomic E-state index is 13.1. The van der Waals surface area contributed by atoms with Gasteiger partial charge in [-0.15, -0.1) is 0 Å². The van der Waals surface area contributed by atoms with Gasteiger partial charge in [0.25, 0.3) is 0 Å². The van der Waals surface area contributed by atoms with Crippen LogP contribution in [0, 0.1) is 23.7 Å². The molecule has 4 aliphatic heterocycles. The van der Waals surface area contributed by atoms with Crippen molar-refractivity contribution in [3.05, 3.63) is 211 Å². The molecule has 0 unspecified atom stereocenters. The number of esters is 4. The number of rotatable bonds is 30. The Labute approximate surface area is 694 Å². The number of hydrogen-bond donors (Lipinski definition) is 4. The summed E-state index contributed by atoms with van der Waals surface area (Å²) in [5.41, 5.74) is 23.9. The number of ether oxygens (including phenoxy) is 4. The molecule has 12 heterocycles. The van der Waals surface area contributed by atoms with Crippen molar-refractivity contribution >= 4 is 117 Å². The third-order valence-corrected chi connectivity index (χ3v) is 23.7. The lowest BCUT2D eigenvalue weighted by molar-refractivity contribution is -0.141. The van der Waals surface area contributed by atoms with Crippen molar-refractivity contribution in [2.45, 2.75) is 173 Å². The maximum atomic E-state index is 13.1. The lowest BCUT2D eigenvalue weighted by atomic mass is 9.70. The molecule has 2 aromatic carbocycles. The number of benzene rings is 2. The van der Waals surface area contributed by atoms with E-state index in [-0.39, 0.29) is 49.6 Å². The summed E-state index contributed by atoms with van der Waals surface area (Å²) in [6.45, 7) is 4.54. The van der Waals surface area contributed by atoms with Crippen molar-refractivity contribution in [1.82, 2.24) is 59.0 Å². The zero-order valence-corrected chi connectivity index (χ0v) is 69.3. The van der Waals surface area contributed by atoms with Gasteiger partial charge >= 0.3 is 23.9 Å². The molecule has 0 amide bonds. The average Bonchev–Trinajstić information content (AvgIpc) is 1.56. The predicted molar refractivity (Wildman–Crippen MR) is 473 cm³/mol. The second-order valence-corrected chi connectivity index (χ2v) is 31.3. The van der Waals surface area contributed by atoms with Gasteiger partial charge in [0, 0.05) is 125 Å². The SMILES string of the molecule is CCCCCCCCCC1(CCCCCCCCC)c2cc(C#Cc3c4nc(c(CCC(=O)OC)c5ccc([nH]5)c(-c5nccn5C)c5nc(c(CCC(=O)OC)c6ccc3[nH]6)C=C5)C=C4)ccc2-c2ccc(C#Cc3c4nc(c(CCC(=O)OC)c5ccc([nH]5)c(-c5nccn5C)c5nc(c(CCC(=O)OC)c6ccc3[nH]6)C=C5)C=C4)cc21. The Morgan fingerprint density at radius 2 is 0.664 bits per heavy atom. The third kappa shape index (κ3) is 17.7. The molecule has 606 valence electrons. The van der Waals surface area contributed by atoms with Crippen LogP contribution in [0.15, 0.2) is 110 Å². The number of aryl methyl sites for hydroxylation is 6. The molecule has 20 heteroatoms. The number of hydrogen-bond acceptors (Lipinski definition) is 14. The van der Waals surface area contributed by atoms with Crippen molar-refractivity contribution in [1.29, 1.82) is 0 Å². The van der Waals surface area contributed by atoms with Crippen molar-refractivity contribution in [2.75, 3.05) is 28.4 Å². The monoisotopic (exact) mass is 1590 g/mol. The van der Waals surface area contributed by atoms with Crippen LogP contribution in [0.5, 0.6) is 0 Å². The lowest BCUT2D eigenvalue weighted by Crippen LogP contribution is -2.26. The summed E-state index contributed by atoms with van der Waals surface area (Å²) in [6.07, 6.45) is 43.4. The molecule has 20 nitrogen and oxygen atoms in total. The smallest absolute Gasteiger partial charge is 0.305 e. The van der Waals surface area contributed by atoms with Crippen LogP contribution < -0.4 is 0 Å². The number of carbonyl (C=O) groups is 4. The summed E-state index contributed by atoms with van der Waals surface area (Å²) in [5, 5.41) is 0. The molecule has 0 fully saturated rings. The molecule has 0 radical (unpaired) electrons. The average molecular weight is 1590 g/mol. The van der Waals surface area contributed by atoms with Gasteiger partial charge in [-0.3, -0.25) is 19.2 Å². The van der Waals surface area contributed by atoms with Crippen LogP contribution in [0.2, 0.25) is 0 Å². The Morgan fingerprint density at radius 3 is 1.00 bits per heavy atom. The minimum Gasteiger partial charge on any atom is -0.469 e. The van der Waals surface area contributed by atoms with Gasteiger partial charge in [-0.25, -0.2) is 29.9 Å². The number of nitrogens with zero attached hydrogens (tertiary/aromatic N) is 8. The van der Waals surface area contributed by atoms with Crippen LogP contribution in [0.3, 0.4) is 0 Å². The maximum Gasteiger partial charge on any atom is 0.305 e. The zero-order valence-electron chi connectivity index (χ0n) is 69.3. The van der Waals surface area contributed by atoms with Gasteiger partial charge in [-0.1, -0.05) is 140 Å². The van der Waals surface area contributed by atoms with Gasteiger partial charge in [0.1, 0.15) is 11.6 Å². The highest BCUT2D eigenvalue weighted by molar-refractivity contribution is 5.94. The molecule has 5 aliphatic rings. The van der Waals surface area contributed by atoms with E-state index in [2.05, 4.69) is 93.9 Å². The second-order valence-electron chi connectivity index (χ2n) is 31.3. The van der Waals surface area contributed by atoms with Crippen molar-refractivity contribution < 1.29 is 38.1 Å². The van der Waals surface area contributed by atoms with Crippen LogP contribution in [0.1, 0.15) is 243 Å². The Bertz CT molecular complexity index is 5810. The van der Waals surface area contributed by atoms with E-state index >= 15 is 0 Å². The van der Waals surface area contributed by atoms with Crippen LogP contribution in [0.4, 0.5) is 0 Å². The number of aromatic amines is 4. The summed E-state index contributed by atoms with van der Waals surface area (Å²) in [6, 6.07) is 29.8. The number of fused-ring (bicyclic) bond motifs is 19. The van der Waals surface area contributed by atoms with Gasteiger partial charge in [-0.05, 0) is 182 Å². The topological polar surface area (TPSA) is 256 Å². The molecule has 10 aromatic rings. The van der Waals surface area contributed by atoms with E-state index < -0.39 is 5.41 Å². The van der Waals surface area contributed by atoms with Gasteiger partial charge in [0.05, 0.1) is 118 Å². The largest absolute Gasteiger partial charge is 0.469 e. The van der Waals surface area contributed by atoms with Crippen LogP contribution >= 0.6 is 0 Å². The highest BCUT2D eigenvalue weighted by atomic mass is 16.5. The number of nitrogens with one attached hydrogen (secondary N) is 4. The van der Waals surface area contributed by atoms with E-state index in [0.717, 1.165) is 127 Å². The normalized spacial score (nSPS) is 12.6. The van der Waals surface area contributed by atoms with Crippen LogP contribution in [-0.2, 0) is 83.3 Å². The zero-order chi connectivity index (χ0) is 82.5. The van der Waals surface area contributed by atoms with E-state index in [9.17, 15) is 19.2 Å². The van der Waals surface area contributed by atoms with E-state index in [0.29, 0.717) is 94.0 Å². The first kappa shape index (κ1) is 81.2. The number of unbranched alkanes of at least 4 members (excludes halogenated alkanes) is 12. The molecule has 0 saturated heterocycles. The first-order chi connectivity index (χ1) is 58.2. The fourth-order valence-corrected chi connectivity index (χ4v) is 17.3. The Morgan fingerprint density at radius 1 is 0.361 bits per heavy atom. The summed E-state index contributed by atoms with van der Waals surface area (Å²) in [5.74, 6) is 15.0. The number of methoxy groups -OCH3 is 4. The van der Waals surface area contributed by atoms with E-state index in [1.807, 2.05) is 133 Å². The summed E-state index contributed by atoms with van der Waals surface area (Å²) in [7, 11) is 9.53. The lowest BCUT2D eigenvalue weighted by Gasteiger charge is -2.33. The summed E-state index contributed by atoms with van der Waals surface area (Å²) < 4.78 is 24.8. The molecular weight excluding hydrogens is 1490 g/mol. The first-order valence-corrected chi connectivity index (χ1v) is 42.0. The highest BCUT2D eigenvalue weighted by Gasteiger charge is 2.43. The van der Waals surface area contributed by atoms with Gasteiger partial charge in [0.15, 0.2) is 0 Å². The molecule has 0 saturated carbocycles. The standard InChI is InChI=1S/C99H102N12O8/c1-9-11-13-15-17-19-21-55-99(56-22-20-18-16-14-12-10-2)73-61-63(25-29-67-75-35-39-79(102-75)69(31-51-91(112)116-5)83-43-47-87(106-83)95(97-100-57-59-110(97)3)88-48-44-84(107-88)70(32-52-92(113)117-6)80-40-36-76(67)103-80)23-27-65(73)66-28-24-64(62-74(66)99)26-30-68-77-37-41-81(104-77)71(33-53-93(114)118-7)85-45-49-89(108-85)96(98-101-58-60-111(98)4)90-50-46-86(109-90)72(34-54-94(115)119-8)82-42-38-78(68)105-82/h23-24,27-28,35-50,57-62,102,104,107,109H,9-22,31-34,51-56H2,1-8H3. The molecule has 8 aromatic heterocycles. The number of carbonyl (C=O) groups excluding carboxylic acids is 4. The van der Waals surface area contributed by atoms with Crippen molar-refractivity contribution in [3.63, 3.8) is 0 Å². The summed E-state index contributed by atoms with van der Waals surface area (Å²) in [4.78, 5) is 98.3. The fraction of sp³-hybridized carbons (Fsp3) is 0.333. The number of H-pyrrole nitrogens is 4. The Hall–Kier alpha value is -12.9. The molecule has 16 bridgehead atoms. The van der Waals surface area contributed by atoms with Gasteiger partial charge in [-0.2, -0.15) is 0 Å². The molecule has 119 heavy (non-hydrogen) atoms. The van der Waals surface area contributed by atoms with Gasteiger partial charge in [0.2, 0.25) is 0 Å². The molecule has 0 atom stereocenters. The second kappa shape index (κ2) is 37.1. The third-order valence-electron chi connectivity index (χ3n) is 23.7. The molecule has 4 N–H and O–H groups in total. The Kier molecular flexibility index (Phi) is 25.3. The van der Waals surface area contributed by atoms with Crippen molar-refractivity contribution in [2.24, 2.45) is 14.1 Å². The van der Waals surface area contributed by atoms with Crippen molar-refractivity contribution in [3.8, 4) is 57.6 Å². The molecule has 0 spiro atoms. The molecule has 1 aliphatic carbocycles. The molecular formula is C99H102N12O8. The Balaban J connectivity index is 0.900. The van der Waals surface area contributed by atoms with E-state index in [1.165, 1.54) is 115 Å². The summed E-state index contributed by atoms with van der Waals surface area (Å²) >= 11 is 0. The first-order valence-electron chi connectivity index (χ1n) is 42.0. The number of imidazole rings is 2. The van der Waals surface area contributed by atoms with Crippen LogP contribution in [-0.4, -0.2) is 111 Å². The van der Waals surface area contributed by atoms with E-state index in [4.69, 9.17) is 48.9 Å². The minimum absolute atomic E-state index is 0.122. The fourth-order valence-electron chi connectivity index (χ4n) is 17.3. The predicted octanol–water partition coefficient (Wildman–Crippen LogP) is 20.2. The van der Waals surface area contributed by atoms with Crippen LogP contribution in [0.25, 0.3) is 127 Å². The highest BCUT2D eigenvalue weighted by Crippen LogP contribution is 2.55. The molecule has 15 rings (SSSR count). The van der Waals surface area contributed by atoms with E-state index in [1.54, 1.807) is 12.4 Å². The quantitative estimate of drug-likeness (QED) is 0.0141. The minimum atomic E-state index is -0.394.